The molecule has 1 unspecified atom stereocenters. The molecule has 1 N–H and O–H groups in total. The second-order valence-electron chi connectivity index (χ2n) is 4.45. The number of nitrogens with one attached hydrogen (secondary N) is 1. The van der Waals surface area contributed by atoms with Crippen molar-refractivity contribution in [2.24, 2.45) is 0 Å². The average Bonchev–Trinajstić information content (AvgIpc) is 2.89. The molecule has 0 aliphatic rings. The third-order valence-electron chi connectivity index (χ3n) is 2.94. The number of thioether (sulfide) groups is 1. The molecule has 0 bridgehead atoms. The summed E-state index contributed by atoms with van der Waals surface area (Å²) < 4.78 is 5.10. The average molecular weight is 261 g/mol. The van der Waals surface area contributed by atoms with E-state index in [1.807, 2.05) is 31.1 Å². The minimum atomic E-state index is 0.467. The number of aryl methyl sites for hydroxylation is 1. The maximum atomic E-state index is 5.10. The Balaban J connectivity index is 1.85. The van der Waals surface area contributed by atoms with Crippen LogP contribution < -0.4 is 5.32 Å². The first-order chi connectivity index (χ1) is 8.78. The normalized spacial score (nSPS) is 12.6. The minimum absolute atomic E-state index is 0.467. The summed E-state index contributed by atoms with van der Waals surface area (Å²) in [5.41, 5.74) is 2.56. The molecule has 0 saturated heterocycles. The third-order valence-corrected chi connectivity index (χ3v) is 4.12. The van der Waals surface area contributed by atoms with Crippen LogP contribution in [-0.2, 0) is 6.42 Å². The number of furan rings is 1. The number of likely N-dealkylation sites (N-methyl/N-ethyl adjacent to an activating group) is 1. The standard InChI is InChI=1S/C15H19NOS/c1-12-3-5-15(6-4-12)18-11-14(16-2)9-13-7-8-17-10-13/h3-8,10,14,16H,9,11H2,1-2H3. The molecule has 0 aliphatic carbocycles. The van der Waals surface area contributed by atoms with E-state index in [-0.39, 0.29) is 0 Å². The van der Waals surface area contributed by atoms with E-state index in [4.69, 9.17) is 4.42 Å². The molecule has 18 heavy (non-hydrogen) atoms. The van der Waals surface area contributed by atoms with Crippen LogP contribution in [0.5, 0.6) is 0 Å². The Hall–Kier alpha value is -1.19. The number of rotatable bonds is 6. The molecule has 2 aromatic rings. The van der Waals surface area contributed by atoms with E-state index >= 15 is 0 Å². The van der Waals surface area contributed by atoms with Gasteiger partial charge in [0, 0.05) is 16.7 Å². The van der Waals surface area contributed by atoms with Crippen LogP contribution in [0.1, 0.15) is 11.1 Å². The van der Waals surface area contributed by atoms with Crippen molar-refractivity contribution in [3.05, 3.63) is 54.0 Å². The molecule has 3 heteroatoms. The van der Waals surface area contributed by atoms with Crippen molar-refractivity contribution < 1.29 is 4.42 Å². The van der Waals surface area contributed by atoms with E-state index in [9.17, 15) is 0 Å². The van der Waals surface area contributed by atoms with Gasteiger partial charge in [-0.05, 0) is 44.2 Å². The maximum absolute atomic E-state index is 5.10. The van der Waals surface area contributed by atoms with Crippen LogP contribution in [0.3, 0.4) is 0 Å². The van der Waals surface area contributed by atoms with Crippen LogP contribution in [0.2, 0.25) is 0 Å². The van der Waals surface area contributed by atoms with E-state index in [1.165, 1.54) is 16.0 Å². The maximum Gasteiger partial charge on any atom is 0.0935 e. The van der Waals surface area contributed by atoms with Crippen molar-refractivity contribution in [1.29, 1.82) is 0 Å². The molecular weight excluding hydrogens is 242 g/mol. The van der Waals surface area contributed by atoms with Crippen molar-refractivity contribution >= 4 is 11.8 Å². The van der Waals surface area contributed by atoms with Crippen molar-refractivity contribution in [3.63, 3.8) is 0 Å². The van der Waals surface area contributed by atoms with E-state index in [1.54, 1.807) is 6.26 Å². The molecule has 0 aliphatic heterocycles. The number of hydrogen-bond donors (Lipinski definition) is 1. The molecule has 0 radical (unpaired) electrons. The highest BCUT2D eigenvalue weighted by molar-refractivity contribution is 7.99. The molecule has 1 heterocycles. The predicted octanol–water partition coefficient (Wildman–Crippen LogP) is 3.51. The summed E-state index contributed by atoms with van der Waals surface area (Å²) in [4.78, 5) is 1.33. The smallest absolute Gasteiger partial charge is 0.0935 e. The van der Waals surface area contributed by atoms with E-state index in [0.717, 1.165) is 12.2 Å². The first-order valence-corrected chi connectivity index (χ1v) is 7.14. The highest BCUT2D eigenvalue weighted by Gasteiger charge is 2.08. The molecule has 96 valence electrons. The van der Waals surface area contributed by atoms with Gasteiger partial charge in [-0.25, -0.2) is 0 Å². The second-order valence-corrected chi connectivity index (χ2v) is 5.54. The fourth-order valence-corrected chi connectivity index (χ4v) is 2.78. The molecular formula is C15H19NOS. The van der Waals surface area contributed by atoms with Crippen molar-refractivity contribution in [2.45, 2.75) is 24.3 Å². The monoisotopic (exact) mass is 261 g/mol. The van der Waals surface area contributed by atoms with Crippen LogP contribution >= 0.6 is 11.8 Å². The quantitative estimate of drug-likeness (QED) is 0.806. The zero-order valence-corrected chi connectivity index (χ0v) is 11.7. The van der Waals surface area contributed by atoms with Gasteiger partial charge in [-0.2, -0.15) is 0 Å². The summed E-state index contributed by atoms with van der Waals surface area (Å²) in [6.07, 6.45) is 4.56. The van der Waals surface area contributed by atoms with Crippen molar-refractivity contribution in [1.82, 2.24) is 5.32 Å². The Kier molecular flexibility index (Phi) is 4.90. The highest BCUT2D eigenvalue weighted by atomic mass is 32.2. The molecule has 2 nitrogen and oxygen atoms in total. The van der Waals surface area contributed by atoms with Gasteiger partial charge in [0.05, 0.1) is 12.5 Å². The number of hydrogen-bond acceptors (Lipinski definition) is 3. The van der Waals surface area contributed by atoms with Crippen LogP contribution in [0.25, 0.3) is 0 Å². The molecule has 0 spiro atoms. The van der Waals surface area contributed by atoms with Crippen LogP contribution in [0.15, 0.2) is 52.2 Å². The lowest BCUT2D eigenvalue weighted by Gasteiger charge is -2.14. The Morgan fingerprint density at radius 2 is 2.00 bits per heavy atom. The fraction of sp³-hybridized carbons (Fsp3) is 0.333. The SMILES string of the molecule is CNC(CSc1ccc(C)cc1)Cc1ccoc1. The Morgan fingerprint density at radius 1 is 1.22 bits per heavy atom. The molecule has 2 rings (SSSR count). The Morgan fingerprint density at radius 3 is 2.61 bits per heavy atom. The Bertz CT molecular complexity index is 450. The molecule has 0 saturated carbocycles. The van der Waals surface area contributed by atoms with Crippen LogP contribution in [0.4, 0.5) is 0 Å². The van der Waals surface area contributed by atoms with Gasteiger partial charge in [0.25, 0.3) is 0 Å². The first kappa shape index (κ1) is 13.2. The van der Waals surface area contributed by atoms with Gasteiger partial charge in [-0.3, -0.25) is 0 Å². The molecule has 1 atom stereocenters. The topological polar surface area (TPSA) is 25.2 Å². The lowest BCUT2D eigenvalue weighted by molar-refractivity contribution is 0.556. The predicted molar refractivity (Wildman–Crippen MR) is 77.2 cm³/mol. The largest absolute Gasteiger partial charge is 0.472 e. The summed E-state index contributed by atoms with van der Waals surface area (Å²) in [6.45, 7) is 2.11. The minimum Gasteiger partial charge on any atom is -0.472 e. The summed E-state index contributed by atoms with van der Waals surface area (Å²) in [7, 11) is 2.01. The second kappa shape index (κ2) is 6.66. The molecule has 1 aromatic carbocycles. The fourth-order valence-electron chi connectivity index (χ4n) is 1.77. The van der Waals surface area contributed by atoms with Crippen molar-refractivity contribution in [3.8, 4) is 0 Å². The first-order valence-electron chi connectivity index (χ1n) is 6.15. The van der Waals surface area contributed by atoms with Gasteiger partial charge in [0.15, 0.2) is 0 Å². The highest BCUT2D eigenvalue weighted by Crippen LogP contribution is 2.20. The van der Waals surface area contributed by atoms with Crippen molar-refractivity contribution in [2.75, 3.05) is 12.8 Å². The van der Waals surface area contributed by atoms with Gasteiger partial charge >= 0.3 is 0 Å². The van der Waals surface area contributed by atoms with Crippen LogP contribution in [-0.4, -0.2) is 18.8 Å². The van der Waals surface area contributed by atoms with Crippen LogP contribution in [0, 0.1) is 6.92 Å². The van der Waals surface area contributed by atoms with E-state index < -0.39 is 0 Å². The Labute approximate surface area is 113 Å². The van der Waals surface area contributed by atoms with Gasteiger partial charge in [-0.15, -0.1) is 11.8 Å². The van der Waals surface area contributed by atoms with Gasteiger partial charge < -0.3 is 9.73 Å². The molecule has 0 amide bonds. The lowest BCUT2D eigenvalue weighted by Crippen LogP contribution is -2.29. The summed E-state index contributed by atoms with van der Waals surface area (Å²) in [6, 6.07) is 11.2. The summed E-state index contributed by atoms with van der Waals surface area (Å²) >= 11 is 1.89. The third kappa shape index (κ3) is 3.93. The van der Waals surface area contributed by atoms with E-state index in [2.05, 4.69) is 36.5 Å². The molecule has 0 fully saturated rings. The van der Waals surface area contributed by atoms with E-state index in [0.29, 0.717) is 6.04 Å². The zero-order chi connectivity index (χ0) is 12.8. The van der Waals surface area contributed by atoms with Gasteiger partial charge in [0.1, 0.15) is 0 Å². The molecule has 1 aromatic heterocycles. The summed E-state index contributed by atoms with van der Waals surface area (Å²) in [5.74, 6) is 1.06. The lowest BCUT2D eigenvalue weighted by atomic mass is 10.1. The zero-order valence-electron chi connectivity index (χ0n) is 10.8. The number of benzene rings is 1. The van der Waals surface area contributed by atoms with Gasteiger partial charge in [0.2, 0.25) is 0 Å². The summed E-state index contributed by atoms with van der Waals surface area (Å²) in [5, 5.41) is 3.36. The van der Waals surface area contributed by atoms with Gasteiger partial charge in [-0.1, -0.05) is 17.7 Å².